The van der Waals surface area contributed by atoms with Crippen LogP contribution in [0, 0.1) is 0 Å². The Balaban J connectivity index is 2.36. The Labute approximate surface area is 205 Å². The average molecular weight is 589 g/mol. The topological polar surface area (TPSA) is 58.6 Å². The van der Waals surface area contributed by atoms with E-state index < -0.39 is 23.5 Å². The van der Waals surface area contributed by atoms with Gasteiger partial charge < -0.3 is 0 Å². The van der Waals surface area contributed by atoms with Crippen LogP contribution in [0.1, 0.15) is 50.7 Å². The van der Waals surface area contributed by atoms with Crippen LogP contribution in [0.25, 0.3) is 0 Å². The Morgan fingerprint density at radius 3 is 2.31 bits per heavy atom. The van der Waals surface area contributed by atoms with Gasteiger partial charge in [0.1, 0.15) is 0 Å². The molecule has 32 heavy (non-hydrogen) atoms. The molecule has 0 spiro atoms. The number of nitrogens with zero attached hydrogens (tertiary/aromatic N) is 1. The second-order valence-electron chi connectivity index (χ2n) is 7.33. The SMILES string of the molecule is CCCCN(CCCC)S(=O)(=O)c1ccc(CNc2ccccc2OC)c([CH]=[Ru]([Cl])[Cl])c1. The number of rotatable bonds is 13. The molecule has 0 amide bonds. The number of benzene rings is 2. The van der Waals surface area contributed by atoms with Gasteiger partial charge in [-0.15, -0.1) is 0 Å². The van der Waals surface area contributed by atoms with Crippen LogP contribution >= 0.6 is 19.4 Å². The Morgan fingerprint density at radius 2 is 1.72 bits per heavy atom. The van der Waals surface area contributed by atoms with Crippen molar-refractivity contribution in [1.82, 2.24) is 4.31 Å². The molecule has 0 aliphatic heterocycles. The van der Waals surface area contributed by atoms with E-state index in [1.807, 2.05) is 30.3 Å². The van der Waals surface area contributed by atoms with Crippen LogP contribution in [0.2, 0.25) is 0 Å². The van der Waals surface area contributed by atoms with Gasteiger partial charge in [0.2, 0.25) is 0 Å². The van der Waals surface area contributed by atoms with Crippen LogP contribution in [-0.4, -0.2) is 37.5 Å². The predicted molar refractivity (Wildman–Crippen MR) is 132 cm³/mol. The summed E-state index contributed by atoms with van der Waals surface area (Å²) in [6.45, 7) is 5.66. The van der Waals surface area contributed by atoms with E-state index in [9.17, 15) is 8.42 Å². The molecule has 2 aromatic carbocycles. The first-order valence-corrected chi connectivity index (χ1v) is 17.6. The molecule has 180 valence electrons. The molecule has 0 saturated carbocycles. The number of sulfonamides is 1. The summed E-state index contributed by atoms with van der Waals surface area (Å²) >= 11 is -2.16. The van der Waals surface area contributed by atoms with Gasteiger partial charge in [-0.25, -0.2) is 0 Å². The number of unbranched alkanes of at least 4 members (excludes halogenated alkanes) is 2. The first-order valence-electron chi connectivity index (χ1n) is 10.7. The van der Waals surface area contributed by atoms with Gasteiger partial charge >= 0.3 is 207 Å². The van der Waals surface area contributed by atoms with E-state index in [2.05, 4.69) is 19.2 Å². The van der Waals surface area contributed by atoms with E-state index >= 15 is 0 Å². The molecule has 0 aromatic heterocycles. The average Bonchev–Trinajstić information content (AvgIpc) is 2.77. The van der Waals surface area contributed by atoms with E-state index in [1.165, 1.54) is 0 Å². The number of hydrogen-bond donors (Lipinski definition) is 1. The molecular weight excluding hydrogens is 556 g/mol. The Bertz CT molecular complexity index is 1000. The van der Waals surface area contributed by atoms with E-state index in [4.69, 9.17) is 24.1 Å². The summed E-state index contributed by atoms with van der Waals surface area (Å²) in [5.41, 5.74) is 2.53. The number of nitrogens with one attached hydrogen (secondary N) is 1. The molecule has 0 radical (unpaired) electrons. The number of para-hydroxylation sites is 2. The molecule has 5 nitrogen and oxygen atoms in total. The fourth-order valence-electron chi connectivity index (χ4n) is 3.22. The second-order valence-corrected chi connectivity index (χ2v) is 15.0. The summed E-state index contributed by atoms with van der Waals surface area (Å²) in [6.07, 6.45) is 3.55. The number of halogens is 2. The molecule has 0 fully saturated rings. The van der Waals surface area contributed by atoms with Crippen molar-refractivity contribution in [1.29, 1.82) is 0 Å². The molecule has 0 bridgehead atoms. The fraction of sp³-hybridized carbons (Fsp3) is 0.435. The molecule has 1 N–H and O–H groups in total. The zero-order chi connectivity index (χ0) is 23.6. The Hall–Kier alpha value is -0.977. The van der Waals surface area contributed by atoms with Crippen molar-refractivity contribution in [2.24, 2.45) is 0 Å². The van der Waals surface area contributed by atoms with Crippen molar-refractivity contribution in [3.63, 3.8) is 0 Å². The predicted octanol–water partition coefficient (Wildman–Crippen LogP) is 5.97. The van der Waals surface area contributed by atoms with Crippen molar-refractivity contribution >= 4 is 39.7 Å². The summed E-state index contributed by atoms with van der Waals surface area (Å²) < 4.78 is 35.6. The van der Waals surface area contributed by atoms with Crippen molar-refractivity contribution in [3.8, 4) is 5.75 Å². The van der Waals surface area contributed by atoms with Crippen LogP contribution in [0.4, 0.5) is 5.69 Å². The van der Waals surface area contributed by atoms with Crippen LogP contribution in [0.15, 0.2) is 47.4 Å². The minimum absolute atomic E-state index is 0.278. The molecule has 0 atom stereocenters. The van der Waals surface area contributed by atoms with E-state index in [1.54, 1.807) is 28.2 Å². The van der Waals surface area contributed by atoms with Crippen LogP contribution < -0.4 is 10.1 Å². The van der Waals surface area contributed by atoms with Gasteiger partial charge in [-0.2, -0.15) is 0 Å². The summed E-state index contributed by atoms with van der Waals surface area (Å²) in [7, 11) is 10.4. The van der Waals surface area contributed by atoms with Crippen molar-refractivity contribution in [3.05, 3.63) is 53.6 Å². The van der Waals surface area contributed by atoms with Crippen LogP contribution in [0.3, 0.4) is 0 Å². The molecule has 2 rings (SSSR count). The second kappa shape index (κ2) is 13.7. The third-order valence-corrected chi connectivity index (χ3v) is 8.77. The molecule has 2 aromatic rings. The van der Waals surface area contributed by atoms with E-state index in [0.29, 0.717) is 19.6 Å². The third-order valence-electron chi connectivity index (χ3n) is 5.04. The zero-order valence-electron chi connectivity index (χ0n) is 18.8. The number of methoxy groups -OCH3 is 1. The minimum atomic E-state index is -3.60. The fourth-order valence-corrected chi connectivity index (χ4v) is 6.64. The van der Waals surface area contributed by atoms with Gasteiger partial charge in [0.05, 0.1) is 0 Å². The van der Waals surface area contributed by atoms with E-state index in [-0.39, 0.29) is 4.90 Å². The zero-order valence-corrected chi connectivity index (χ0v) is 22.8. The van der Waals surface area contributed by atoms with Gasteiger partial charge in [0, 0.05) is 0 Å². The summed E-state index contributed by atoms with van der Waals surface area (Å²) in [5, 5.41) is 3.36. The molecule has 0 unspecified atom stereocenters. The standard InChI is InChI=1S/C23H32N2O3S.2ClH.Ru/c1-5-7-15-25(16-8-6-2)29(26,27)21-14-13-20(19(3)17-21)18-24-22-11-9-10-12-23(22)28-4;;;/h3,9-14,17,24H,5-8,15-16,18H2,1-2,4H3;2*1H;/q;;;+2/p-2. The summed E-state index contributed by atoms with van der Waals surface area (Å²) in [6, 6.07) is 12.9. The maximum atomic E-state index is 13.4. The van der Waals surface area contributed by atoms with Gasteiger partial charge in [0.25, 0.3) is 0 Å². The quantitative estimate of drug-likeness (QED) is 0.293. The van der Waals surface area contributed by atoms with Crippen molar-refractivity contribution in [2.45, 2.75) is 51.0 Å². The summed E-state index contributed by atoms with van der Waals surface area (Å²) in [4.78, 5) is 0.278. The van der Waals surface area contributed by atoms with Gasteiger partial charge in [0.15, 0.2) is 0 Å². The number of anilines is 1. The molecule has 0 aliphatic carbocycles. The van der Waals surface area contributed by atoms with E-state index in [0.717, 1.165) is 48.2 Å². The Morgan fingerprint density at radius 1 is 1.06 bits per heavy atom. The molecule has 9 heteroatoms. The maximum absolute atomic E-state index is 13.4. The van der Waals surface area contributed by atoms with Gasteiger partial charge in [-0.1, -0.05) is 0 Å². The van der Waals surface area contributed by atoms with Crippen LogP contribution in [-0.2, 0) is 30.1 Å². The normalized spacial score (nSPS) is 12.0. The molecule has 0 heterocycles. The Kier molecular flexibility index (Phi) is 11.6. The molecule has 0 saturated heterocycles. The van der Waals surface area contributed by atoms with Crippen molar-refractivity contribution in [2.75, 3.05) is 25.5 Å². The van der Waals surface area contributed by atoms with Gasteiger partial charge in [-0.05, 0) is 0 Å². The van der Waals surface area contributed by atoms with Crippen LogP contribution in [0.5, 0.6) is 5.75 Å². The first-order chi connectivity index (χ1) is 15.3. The molecular formula is C23H32Cl2N2O3RuS. The van der Waals surface area contributed by atoms with Crippen molar-refractivity contribution < 1.29 is 26.7 Å². The third kappa shape index (κ3) is 7.81. The first kappa shape index (κ1) is 27.3. The number of ether oxygens (including phenoxy) is 1. The van der Waals surface area contributed by atoms with Gasteiger partial charge in [-0.3, -0.25) is 0 Å². The number of hydrogen-bond acceptors (Lipinski definition) is 4. The molecule has 0 aliphatic rings. The monoisotopic (exact) mass is 588 g/mol. The summed E-state index contributed by atoms with van der Waals surface area (Å²) in [5.74, 6) is 0.738.